The number of hydrogen-bond donors (Lipinski definition) is 2. The van der Waals surface area contributed by atoms with Gasteiger partial charge in [-0.05, 0) is 34.7 Å². The summed E-state index contributed by atoms with van der Waals surface area (Å²) in [6.07, 6.45) is 4.43. The normalized spacial score (nSPS) is 13.2. The van der Waals surface area contributed by atoms with Crippen LogP contribution in [0.5, 0.6) is 0 Å². The monoisotopic (exact) mass is 381 g/mol. The summed E-state index contributed by atoms with van der Waals surface area (Å²) < 4.78 is 28.0. The van der Waals surface area contributed by atoms with Crippen molar-refractivity contribution < 1.29 is 8.42 Å². The highest BCUT2D eigenvalue weighted by Gasteiger charge is 2.20. The van der Waals surface area contributed by atoms with Gasteiger partial charge in [-0.2, -0.15) is 11.8 Å². The Morgan fingerprint density at radius 1 is 1.50 bits per heavy atom. The van der Waals surface area contributed by atoms with Gasteiger partial charge in [0.25, 0.3) is 0 Å². The van der Waals surface area contributed by atoms with Crippen molar-refractivity contribution in [2.75, 3.05) is 24.7 Å². The van der Waals surface area contributed by atoms with E-state index in [4.69, 9.17) is 0 Å². The molecule has 0 saturated heterocycles. The predicted molar refractivity (Wildman–Crippen MR) is 88.9 cm³/mol. The van der Waals surface area contributed by atoms with Crippen molar-refractivity contribution in [3.8, 4) is 0 Å². The number of aromatic nitrogens is 1. The highest BCUT2D eigenvalue weighted by molar-refractivity contribution is 9.10. The molecular formula is C12H20BrN3O2S2. The van der Waals surface area contributed by atoms with Gasteiger partial charge in [0.1, 0.15) is 10.7 Å². The molecule has 1 aromatic heterocycles. The first-order valence-electron chi connectivity index (χ1n) is 6.32. The first-order chi connectivity index (χ1) is 9.40. The lowest BCUT2D eigenvalue weighted by molar-refractivity contribution is 0.581. The van der Waals surface area contributed by atoms with Crippen molar-refractivity contribution in [2.45, 2.75) is 30.4 Å². The lowest BCUT2D eigenvalue weighted by Gasteiger charge is -2.14. The van der Waals surface area contributed by atoms with Gasteiger partial charge in [0.05, 0.1) is 0 Å². The van der Waals surface area contributed by atoms with Crippen LogP contribution in [0.25, 0.3) is 0 Å². The Kier molecular flexibility index (Phi) is 7.28. The molecule has 20 heavy (non-hydrogen) atoms. The van der Waals surface area contributed by atoms with Gasteiger partial charge in [-0.3, -0.25) is 0 Å². The summed E-state index contributed by atoms with van der Waals surface area (Å²) in [6, 6.07) is 1.57. The van der Waals surface area contributed by atoms with Gasteiger partial charge >= 0.3 is 0 Å². The second kappa shape index (κ2) is 8.21. The highest BCUT2D eigenvalue weighted by atomic mass is 79.9. The number of nitrogens with zero attached hydrogens (tertiary/aromatic N) is 1. The molecular weight excluding hydrogens is 362 g/mol. The number of halogens is 1. The van der Waals surface area contributed by atoms with Crippen LogP contribution in [0.3, 0.4) is 0 Å². The zero-order valence-corrected chi connectivity index (χ0v) is 15.0. The molecule has 2 N–H and O–H groups in total. The average molecular weight is 382 g/mol. The lowest BCUT2D eigenvalue weighted by atomic mass is 10.4. The molecule has 0 aliphatic carbocycles. The Morgan fingerprint density at radius 2 is 2.20 bits per heavy atom. The zero-order valence-electron chi connectivity index (χ0n) is 11.8. The molecule has 5 nitrogen and oxygen atoms in total. The Balaban J connectivity index is 2.99. The number of hydrogen-bond acceptors (Lipinski definition) is 5. The SMILES string of the molecule is CCCNc1ncc(Br)cc1S(=O)(=O)NCC(C)SC. The van der Waals surface area contributed by atoms with E-state index < -0.39 is 10.0 Å². The van der Waals surface area contributed by atoms with E-state index in [-0.39, 0.29) is 10.1 Å². The minimum Gasteiger partial charge on any atom is -0.369 e. The fraction of sp³-hybridized carbons (Fsp3) is 0.583. The van der Waals surface area contributed by atoms with Gasteiger partial charge < -0.3 is 5.32 Å². The molecule has 0 bridgehead atoms. The van der Waals surface area contributed by atoms with E-state index in [9.17, 15) is 8.42 Å². The molecule has 1 aromatic rings. The fourth-order valence-corrected chi connectivity index (χ4v) is 3.51. The molecule has 0 radical (unpaired) electrons. The standard InChI is InChI=1S/C12H20BrN3O2S2/c1-4-5-14-12-11(6-10(13)8-15-12)20(17,18)16-7-9(2)19-3/h6,8-9,16H,4-5,7H2,1-3H3,(H,14,15). The van der Waals surface area contributed by atoms with Gasteiger partial charge in [-0.25, -0.2) is 18.1 Å². The molecule has 1 heterocycles. The van der Waals surface area contributed by atoms with Crippen LogP contribution in [0.2, 0.25) is 0 Å². The fourth-order valence-electron chi connectivity index (χ4n) is 1.39. The van der Waals surface area contributed by atoms with Crippen LogP contribution < -0.4 is 10.0 Å². The van der Waals surface area contributed by atoms with E-state index >= 15 is 0 Å². The molecule has 1 rings (SSSR count). The van der Waals surface area contributed by atoms with Crippen molar-refractivity contribution in [3.63, 3.8) is 0 Å². The highest BCUT2D eigenvalue weighted by Crippen LogP contribution is 2.23. The summed E-state index contributed by atoms with van der Waals surface area (Å²) in [5.74, 6) is 0.388. The first-order valence-corrected chi connectivity index (χ1v) is 9.89. The summed E-state index contributed by atoms with van der Waals surface area (Å²) in [7, 11) is -3.57. The van der Waals surface area contributed by atoms with Crippen molar-refractivity contribution >= 4 is 43.5 Å². The zero-order chi connectivity index (χ0) is 15.2. The smallest absolute Gasteiger partial charge is 0.244 e. The Hall–Kier alpha value is -0.310. The quantitative estimate of drug-likeness (QED) is 0.724. The van der Waals surface area contributed by atoms with Crippen LogP contribution in [-0.2, 0) is 10.0 Å². The van der Waals surface area contributed by atoms with E-state index in [1.807, 2.05) is 20.1 Å². The Morgan fingerprint density at radius 3 is 2.80 bits per heavy atom. The van der Waals surface area contributed by atoms with Crippen LogP contribution in [0.1, 0.15) is 20.3 Å². The number of nitrogens with one attached hydrogen (secondary N) is 2. The molecule has 0 aliphatic rings. The van der Waals surface area contributed by atoms with Crippen LogP contribution in [0, 0.1) is 0 Å². The van der Waals surface area contributed by atoms with Gasteiger partial charge in [-0.15, -0.1) is 0 Å². The number of rotatable bonds is 8. The summed E-state index contributed by atoms with van der Waals surface area (Å²) in [4.78, 5) is 4.32. The molecule has 8 heteroatoms. The molecule has 1 atom stereocenters. The first kappa shape index (κ1) is 17.7. The predicted octanol–water partition coefficient (Wildman–Crippen LogP) is 2.70. The molecule has 0 fully saturated rings. The van der Waals surface area contributed by atoms with Crippen LogP contribution in [-0.4, -0.2) is 38.0 Å². The summed E-state index contributed by atoms with van der Waals surface area (Å²) >= 11 is 4.88. The number of thioether (sulfide) groups is 1. The van der Waals surface area contributed by atoms with E-state index in [2.05, 4.69) is 31.0 Å². The van der Waals surface area contributed by atoms with Crippen LogP contribution in [0.15, 0.2) is 21.6 Å². The average Bonchev–Trinajstić information content (AvgIpc) is 2.43. The van der Waals surface area contributed by atoms with Crippen LogP contribution >= 0.6 is 27.7 Å². The minimum absolute atomic E-state index is 0.175. The van der Waals surface area contributed by atoms with E-state index in [0.717, 1.165) is 6.42 Å². The topological polar surface area (TPSA) is 71.1 Å². The second-order valence-corrected chi connectivity index (χ2v) is 8.25. The van der Waals surface area contributed by atoms with Crippen molar-refractivity contribution in [3.05, 3.63) is 16.7 Å². The van der Waals surface area contributed by atoms with Crippen molar-refractivity contribution in [1.29, 1.82) is 0 Å². The molecule has 0 aliphatic heterocycles. The molecule has 114 valence electrons. The third kappa shape index (κ3) is 5.23. The molecule has 1 unspecified atom stereocenters. The van der Waals surface area contributed by atoms with Gasteiger partial charge in [-0.1, -0.05) is 13.8 Å². The number of anilines is 1. The van der Waals surface area contributed by atoms with Gasteiger partial charge in [0.2, 0.25) is 10.0 Å². The number of sulfonamides is 1. The maximum Gasteiger partial charge on any atom is 0.244 e. The Labute approximate surface area is 133 Å². The van der Waals surface area contributed by atoms with E-state index in [1.54, 1.807) is 24.0 Å². The maximum absolute atomic E-state index is 12.4. The molecule has 0 spiro atoms. The molecule has 0 aromatic carbocycles. The van der Waals surface area contributed by atoms with Gasteiger partial charge in [0.15, 0.2) is 0 Å². The number of pyridine rings is 1. The molecule has 0 saturated carbocycles. The third-order valence-corrected chi connectivity index (χ3v) is 5.46. The molecule has 0 amide bonds. The summed E-state index contributed by atoms with van der Waals surface area (Å²) in [5, 5.41) is 3.26. The lowest BCUT2D eigenvalue weighted by Crippen LogP contribution is -2.30. The minimum atomic E-state index is -3.57. The van der Waals surface area contributed by atoms with Gasteiger partial charge in [0, 0.05) is 29.0 Å². The third-order valence-electron chi connectivity index (χ3n) is 2.61. The second-order valence-electron chi connectivity index (χ2n) is 4.33. The van der Waals surface area contributed by atoms with E-state index in [0.29, 0.717) is 23.4 Å². The van der Waals surface area contributed by atoms with Crippen molar-refractivity contribution in [1.82, 2.24) is 9.71 Å². The van der Waals surface area contributed by atoms with Crippen molar-refractivity contribution in [2.24, 2.45) is 0 Å². The largest absolute Gasteiger partial charge is 0.369 e. The summed E-state index contributed by atoms with van der Waals surface area (Å²) in [6.45, 7) is 5.06. The Bertz CT molecular complexity index is 538. The summed E-state index contributed by atoms with van der Waals surface area (Å²) in [5.41, 5.74) is 0. The van der Waals surface area contributed by atoms with Crippen LogP contribution in [0.4, 0.5) is 5.82 Å². The van der Waals surface area contributed by atoms with E-state index in [1.165, 1.54) is 0 Å². The maximum atomic E-state index is 12.4.